The lowest BCUT2D eigenvalue weighted by Crippen LogP contribution is -2.57. The number of aromatic nitrogens is 1. The molecule has 152 valence electrons. The van der Waals surface area contributed by atoms with Crippen LogP contribution in [0.4, 0.5) is 0 Å². The fraction of sp³-hybridized carbons (Fsp3) is 0.545. The van der Waals surface area contributed by atoms with E-state index >= 15 is 0 Å². The highest BCUT2D eigenvalue weighted by Gasteiger charge is 2.50. The number of carbonyl (C=O) groups excluding carboxylic acids is 1. The van der Waals surface area contributed by atoms with Crippen molar-refractivity contribution >= 4 is 22.8 Å². The summed E-state index contributed by atoms with van der Waals surface area (Å²) in [5.41, 5.74) is 1.15. The summed E-state index contributed by atoms with van der Waals surface area (Å²) in [6.45, 7) is 6.39. The molecule has 2 heterocycles. The van der Waals surface area contributed by atoms with E-state index in [0.717, 1.165) is 16.5 Å². The summed E-state index contributed by atoms with van der Waals surface area (Å²) >= 11 is 0. The number of amides is 1. The monoisotopic (exact) mass is 386 g/mol. The number of piperidine rings is 1. The summed E-state index contributed by atoms with van der Waals surface area (Å²) < 4.78 is 1.88. The molecule has 0 bridgehead atoms. The second-order valence-corrected chi connectivity index (χ2v) is 8.47. The molecule has 2 atom stereocenters. The van der Waals surface area contributed by atoms with E-state index in [2.05, 4.69) is 0 Å². The number of hydrogen-bond donors (Lipinski definition) is 2. The van der Waals surface area contributed by atoms with Crippen molar-refractivity contribution < 1.29 is 19.8 Å². The van der Waals surface area contributed by atoms with Gasteiger partial charge in [-0.15, -0.1) is 0 Å². The van der Waals surface area contributed by atoms with Gasteiger partial charge in [-0.3, -0.25) is 9.59 Å². The minimum absolute atomic E-state index is 0.0377. The van der Waals surface area contributed by atoms with Gasteiger partial charge in [0.15, 0.2) is 0 Å². The molecular weight excluding hydrogens is 356 g/mol. The number of fused-ring (bicyclic) bond motifs is 1. The van der Waals surface area contributed by atoms with Gasteiger partial charge in [-0.05, 0) is 43.7 Å². The van der Waals surface area contributed by atoms with Crippen LogP contribution in [0.2, 0.25) is 0 Å². The van der Waals surface area contributed by atoms with Crippen LogP contribution in [0.5, 0.6) is 0 Å². The Morgan fingerprint density at radius 3 is 2.57 bits per heavy atom. The molecule has 6 heteroatoms. The van der Waals surface area contributed by atoms with Gasteiger partial charge in [-0.25, -0.2) is 0 Å². The van der Waals surface area contributed by atoms with Crippen LogP contribution in [-0.4, -0.2) is 50.8 Å². The van der Waals surface area contributed by atoms with Crippen molar-refractivity contribution in [1.82, 2.24) is 9.47 Å². The number of benzene rings is 1. The van der Waals surface area contributed by atoms with Crippen molar-refractivity contribution in [2.75, 3.05) is 13.1 Å². The molecule has 6 nitrogen and oxygen atoms in total. The molecule has 1 saturated heterocycles. The quantitative estimate of drug-likeness (QED) is 0.827. The average Bonchev–Trinajstić information content (AvgIpc) is 2.91. The number of aliphatic hydroxyl groups is 1. The zero-order valence-corrected chi connectivity index (χ0v) is 17.1. The maximum atomic E-state index is 13.4. The summed E-state index contributed by atoms with van der Waals surface area (Å²) in [4.78, 5) is 27.2. The molecule has 2 aromatic rings. The maximum Gasteiger partial charge on any atom is 0.314 e. The van der Waals surface area contributed by atoms with Gasteiger partial charge in [0.25, 0.3) is 5.91 Å². The minimum Gasteiger partial charge on any atom is -0.481 e. The van der Waals surface area contributed by atoms with Gasteiger partial charge in [0.2, 0.25) is 0 Å². The highest BCUT2D eigenvalue weighted by atomic mass is 16.4. The summed E-state index contributed by atoms with van der Waals surface area (Å²) in [5, 5.41) is 21.6. The van der Waals surface area contributed by atoms with Gasteiger partial charge < -0.3 is 19.7 Å². The number of aryl methyl sites for hydroxylation is 2. The van der Waals surface area contributed by atoms with Gasteiger partial charge in [-0.2, -0.15) is 0 Å². The van der Waals surface area contributed by atoms with Crippen LogP contribution < -0.4 is 0 Å². The topological polar surface area (TPSA) is 82.8 Å². The number of carboxylic acid groups (broad SMARTS) is 1. The van der Waals surface area contributed by atoms with Crippen LogP contribution in [0.25, 0.3) is 10.9 Å². The first-order chi connectivity index (χ1) is 13.2. The first kappa shape index (κ1) is 20.4. The molecule has 2 N–H and O–H groups in total. The molecule has 1 fully saturated rings. The molecule has 3 rings (SSSR count). The van der Waals surface area contributed by atoms with Crippen molar-refractivity contribution in [1.29, 1.82) is 0 Å². The molecule has 0 radical (unpaired) electrons. The molecule has 28 heavy (non-hydrogen) atoms. The van der Waals surface area contributed by atoms with E-state index in [1.54, 1.807) is 4.90 Å². The molecule has 0 spiro atoms. The molecule has 0 unspecified atom stereocenters. The first-order valence-corrected chi connectivity index (χ1v) is 9.93. The third-order valence-electron chi connectivity index (χ3n) is 6.23. The third-order valence-corrected chi connectivity index (χ3v) is 6.23. The molecule has 1 aliphatic heterocycles. The summed E-state index contributed by atoms with van der Waals surface area (Å²) in [6.07, 6.45) is 0.387. The smallest absolute Gasteiger partial charge is 0.314 e. The largest absolute Gasteiger partial charge is 0.481 e. The number of para-hydroxylation sites is 1. The Balaban J connectivity index is 1.96. The van der Waals surface area contributed by atoms with E-state index in [0.29, 0.717) is 31.0 Å². The van der Waals surface area contributed by atoms with Crippen LogP contribution >= 0.6 is 0 Å². The van der Waals surface area contributed by atoms with E-state index in [4.69, 9.17) is 0 Å². The van der Waals surface area contributed by atoms with Crippen LogP contribution in [0, 0.1) is 18.3 Å². The lowest BCUT2D eigenvalue weighted by Gasteiger charge is -2.43. The zero-order chi connectivity index (χ0) is 20.6. The SMILES string of the molecule is Cc1c(C(=O)N2CC[C@H](O)[C@](CCC(C)C)(C(=O)O)C2)n(C)c2ccccc12. The molecular formula is C22H30N2O4. The third kappa shape index (κ3) is 3.30. The number of aliphatic hydroxyl groups excluding tert-OH is 1. The Kier molecular flexibility index (Phi) is 5.53. The van der Waals surface area contributed by atoms with Crippen LogP contribution in [0.1, 0.15) is 49.2 Å². The van der Waals surface area contributed by atoms with Crippen LogP contribution in [-0.2, 0) is 11.8 Å². The fourth-order valence-electron chi connectivity index (χ4n) is 4.40. The Morgan fingerprint density at radius 1 is 1.29 bits per heavy atom. The van der Waals surface area contributed by atoms with Gasteiger partial charge in [0.1, 0.15) is 11.1 Å². The number of rotatable bonds is 5. The Morgan fingerprint density at radius 2 is 1.96 bits per heavy atom. The van der Waals surface area contributed by atoms with Crippen LogP contribution in [0.3, 0.4) is 0 Å². The molecule has 1 aliphatic rings. The zero-order valence-electron chi connectivity index (χ0n) is 17.1. The number of hydrogen-bond acceptors (Lipinski definition) is 3. The number of likely N-dealkylation sites (tertiary alicyclic amines) is 1. The Hall–Kier alpha value is -2.34. The highest BCUT2D eigenvalue weighted by molar-refractivity contribution is 6.01. The van der Waals surface area contributed by atoms with E-state index in [1.807, 2.05) is 56.7 Å². The second-order valence-electron chi connectivity index (χ2n) is 8.47. The molecule has 1 aromatic heterocycles. The maximum absolute atomic E-state index is 13.4. The standard InChI is InChI=1S/C22H30N2O4/c1-14(2)9-11-22(21(27)28)13-24(12-10-18(22)25)20(26)19-15(3)16-7-5-6-8-17(16)23(19)4/h5-8,14,18,25H,9-13H2,1-4H3,(H,27,28)/t18-,22+/m0/s1. The number of carbonyl (C=O) groups is 2. The van der Waals surface area contributed by atoms with E-state index < -0.39 is 17.5 Å². The lowest BCUT2D eigenvalue weighted by atomic mass is 9.72. The molecule has 0 aliphatic carbocycles. The van der Waals surface area contributed by atoms with E-state index in [9.17, 15) is 19.8 Å². The second kappa shape index (κ2) is 7.59. The molecule has 0 saturated carbocycles. The first-order valence-electron chi connectivity index (χ1n) is 9.93. The van der Waals surface area contributed by atoms with Gasteiger partial charge >= 0.3 is 5.97 Å². The molecule has 1 aromatic carbocycles. The normalized spacial score (nSPS) is 22.8. The lowest BCUT2D eigenvalue weighted by molar-refractivity contribution is -0.163. The number of carboxylic acids is 1. The van der Waals surface area contributed by atoms with Gasteiger partial charge in [0.05, 0.1) is 6.10 Å². The van der Waals surface area contributed by atoms with E-state index in [1.165, 1.54) is 0 Å². The summed E-state index contributed by atoms with van der Waals surface area (Å²) in [5.74, 6) is -0.861. The van der Waals surface area contributed by atoms with Crippen molar-refractivity contribution in [2.45, 2.75) is 46.1 Å². The summed E-state index contributed by atoms with van der Waals surface area (Å²) in [6, 6.07) is 7.85. The predicted octanol–water partition coefficient (Wildman–Crippen LogP) is 3.20. The van der Waals surface area contributed by atoms with Crippen molar-refractivity contribution in [3.05, 3.63) is 35.5 Å². The van der Waals surface area contributed by atoms with Crippen molar-refractivity contribution in [2.24, 2.45) is 18.4 Å². The minimum atomic E-state index is -1.31. The predicted molar refractivity (Wildman–Crippen MR) is 108 cm³/mol. The molecule has 1 amide bonds. The van der Waals surface area contributed by atoms with Gasteiger partial charge in [0, 0.05) is 31.0 Å². The van der Waals surface area contributed by atoms with Crippen molar-refractivity contribution in [3.8, 4) is 0 Å². The fourth-order valence-corrected chi connectivity index (χ4v) is 4.40. The number of nitrogens with zero attached hydrogens (tertiary/aromatic N) is 2. The summed E-state index contributed by atoms with van der Waals surface area (Å²) in [7, 11) is 1.87. The average molecular weight is 386 g/mol. The van der Waals surface area contributed by atoms with Gasteiger partial charge in [-0.1, -0.05) is 32.0 Å². The Labute approximate surface area is 165 Å². The van der Waals surface area contributed by atoms with E-state index in [-0.39, 0.29) is 18.9 Å². The number of aliphatic carboxylic acids is 1. The highest BCUT2D eigenvalue weighted by Crippen LogP contribution is 2.38. The van der Waals surface area contributed by atoms with Crippen molar-refractivity contribution in [3.63, 3.8) is 0 Å². The Bertz CT molecular complexity index is 862. The van der Waals surface area contributed by atoms with Crippen LogP contribution in [0.15, 0.2) is 24.3 Å².